The van der Waals surface area contributed by atoms with Crippen LogP contribution in [0.1, 0.15) is 0 Å². The average Bonchev–Trinajstić information content (AvgIpc) is 1.96. The first-order chi connectivity index (χ1) is 6.29. The van der Waals surface area contributed by atoms with Gasteiger partial charge in [0.05, 0.1) is 0 Å². The number of halogens is 6. The van der Waals surface area contributed by atoms with Crippen molar-refractivity contribution in [2.45, 2.75) is 6.36 Å². The van der Waals surface area contributed by atoms with Crippen molar-refractivity contribution < 1.29 is 26.7 Å². The van der Waals surface area contributed by atoms with Gasteiger partial charge in [-0.15, -0.1) is 13.2 Å². The van der Waals surface area contributed by atoms with Gasteiger partial charge in [-0.2, -0.15) is 9.37 Å². The largest absolute Gasteiger partial charge is 0.574 e. The van der Waals surface area contributed by atoms with E-state index in [9.17, 15) is 22.0 Å². The molecule has 0 aliphatic heterocycles. The van der Waals surface area contributed by atoms with Crippen molar-refractivity contribution in [2.75, 3.05) is 0 Å². The Bertz CT molecular complexity index is 353. The maximum Gasteiger partial charge on any atom is 0.574 e. The molecule has 78 valence electrons. The van der Waals surface area contributed by atoms with Gasteiger partial charge in [0.2, 0.25) is 5.82 Å². The summed E-state index contributed by atoms with van der Waals surface area (Å²) in [7, 11) is 0. The van der Waals surface area contributed by atoms with E-state index in [1.54, 1.807) is 0 Å². The molecule has 0 aromatic carbocycles. The lowest BCUT2D eigenvalue weighted by molar-refractivity contribution is -0.277. The van der Waals surface area contributed by atoms with E-state index in [-0.39, 0.29) is 0 Å². The van der Waals surface area contributed by atoms with E-state index in [4.69, 9.17) is 11.6 Å². The van der Waals surface area contributed by atoms with Crippen LogP contribution in [0.3, 0.4) is 0 Å². The fourth-order valence-electron chi connectivity index (χ4n) is 0.626. The summed E-state index contributed by atoms with van der Waals surface area (Å²) in [6.45, 7) is 0. The van der Waals surface area contributed by atoms with Crippen LogP contribution in [0.5, 0.6) is 5.88 Å². The van der Waals surface area contributed by atoms with Crippen molar-refractivity contribution in [3.05, 3.63) is 22.9 Å². The molecular formula is C6HClF5NO. The highest BCUT2D eigenvalue weighted by molar-refractivity contribution is 6.29. The second-order valence-corrected chi connectivity index (χ2v) is 2.48. The van der Waals surface area contributed by atoms with Gasteiger partial charge in [-0.3, -0.25) is 0 Å². The zero-order chi connectivity index (χ0) is 10.9. The van der Waals surface area contributed by atoms with Crippen LogP contribution in [0.4, 0.5) is 22.0 Å². The Labute approximate surface area is 79.3 Å². The molecule has 0 atom stereocenters. The Hall–Kier alpha value is -1.11. The summed E-state index contributed by atoms with van der Waals surface area (Å²) in [6, 6.07) is 0.431. The molecule has 2 nitrogen and oxygen atoms in total. The molecule has 0 saturated heterocycles. The third-order valence-corrected chi connectivity index (χ3v) is 1.26. The molecule has 0 spiro atoms. The topological polar surface area (TPSA) is 22.1 Å². The Balaban J connectivity index is 3.09. The molecule has 1 heterocycles. The van der Waals surface area contributed by atoms with Crippen LogP contribution in [-0.2, 0) is 0 Å². The highest BCUT2D eigenvalue weighted by Gasteiger charge is 2.34. The first-order valence-electron chi connectivity index (χ1n) is 3.07. The van der Waals surface area contributed by atoms with Crippen molar-refractivity contribution in [2.24, 2.45) is 0 Å². The second kappa shape index (κ2) is 3.56. The van der Waals surface area contributed by atoms with E-state index >= 15 is 0 Å². The van der Waals surface area contributed by atoms with Crippen molar-refractivity contribution in [1.29, 1.82) is 0 Å². The van der Waals surface area contributed by atoms with Crippen molar-refractivity contribution in [3.63, 3.8) is 0 Å². The lowest BCUT2D eigenvalue weighted by Crippen LogP contribution is -2.19. The first-order valence-corrected chi connectivity index (χ1v) is 3.44. The number of nitrogens with zero attached hydrogens (tertiary/aromatic N) is 1. The monoisotopic (exact) mass is 233 g/mol. The molecule has 14 heavy (non-hydrogen) atoms. The lowest BCUT2D eigenvalue weighted by atomic mass is 10.4. The molecule has 0 aliphatic carbocycles. The molecule has 0 amide bonds. The Morgan fingerprint density at radius 3 is 2.36 bits per heavy atom. The summed E-state index contributed by atoms with van der Waals surface area (Å²) in [5.41, 5.74) is 0. The quantitative estimate of drug-likeness (QED) is 0.550. The third-order valence-electron chi connectivity index (χ3n) is 1.06. The molecule has 0 saturated carbocycles. The number of pyridine rings is 1. The number of hydrogen-bond donors (Lipinski definition) is 0. The average molecular weight is 234 g/mol. The van der Waals surface area contributed by atoms with Gasteiger partial charge in [0, 0.05) is 6.07 Å². The highest BCUT2D eigenvalue weighted by atomic mass is 35.5. The van der Waals surface area contributed by atoms with Crippen molar-refractivity contribution >= 4 is 11.6 Å². The SMILES string of the molecule is Fc1cc(Cl)nc(OC(F)(F)F)c1F. The molecule has 0 fully saturated rings. The third kappa shape index (κ3) is 2.69. The minimum absolute atomic E-state index is 0.431. The first kappa shape index (κ1) is 11.0. The molecule has 8 heteroatoms. The molecule has 0 N–H and O–H groups in total. The predicted molar refractivity (Wildman–Crippen MR) is 35.8 cm³/mol. The molecular weight excluding hydrogens is 233 g/mol. The molecule has 1 aromatic rings. The summed E-state index contributed by atoms with van der Waals surface area (Å²) in [4.78, 5) is 2.83. The minimum Gasteiger partial charge on any atom is -0.384 e. The molecule has 1 rings (SSSR count). The summed E-state index contributed by atoms with van der Waals surface area (Å²) < 4.78 is 62.9. The molecule has 0 aliphatic rings. The van der Waals surface area contributed by atoms with Gasteiger partial charge in [-0.05, 0) is 0 Å². The van der Waals surface area contributed by atoms with Gasteiger partial charge >= 0.3 is 6.36 Å². The number of ether oxygens (including phenoxy) is 1. The van der Waals surface area contributed by atoms with E-state index in [1.165, 1.54) is 0 Å². The van der Waals surface area contributed by atoms with Gasteiger partial charge in [-0.1, -0.05) is 11.6 Å². The lowest BCUT2D eigenvalue weighted by Gasteiger charge is -2.08. The molecule has 0 unspecified atom stereocenters. The van der Waals surface area contributed by atoms with Crippen LogP contribution < -0.4 is 4.74 Å². The summed E-state index contributed by atoms with van der Waals surface area (Å²) in [5, 5.41) is -0.636. The number of hydrogen-bond acceptors (Lipinski definition) is 2. The molecule has 1 aromatic heterocycles. The Morgan fingerprint density at radius 2 is 1.86 bits per heavy atom. The normalized spacial score (nSPS) is 11.6. The second-order valence-electron chi connectivity index (χ2n) is 2.09. The smallest absolute Gasteiger partial charge is 0.384 e. The minimum atomic E-state index is -5.15. The number of rotatable bonds is 1. The van der Waals surface area contributed by atoms with E-state index in [0.717, 1.165) is 0 Å². The van der Waals surface area contributed by atoms with Crippen molar-refractivity contribution in [1.82, 2.24) is 4.98 Å². The van der Waals surface area contributed by atoms with E-state index in [0.29, 0.717) is 6.07 Å². The number of alkyl halides is 3. The maximum atomic E-state index is 12.6. The van der Waals surface area contributed by atoms with Gasteiger partial charge in [0.25, 0.3) is 5.88 Å². The van der Waals surface area contributed by atoms with Crippen LogP contribution in [0.25, 0.3) is 0 Å². The summed E-state index contributed by atoms with van der Waals surface area (Å²) in [6.07, 6.45) is -5.15. The summed E-state index contributed by atoms with van der Waals surface area (Å²) >= 11 is 5.09. The van der Waals surface area contributed by atoms with Gasteiger partial charge in [0.15, 0.2) is 5.82 Å². The van der Waals surface area contributed by atoms with E-state index in [1.807, 2.05) is 0 Å². The van der Waals surface area contributed by atoms with Crippen molar-refractivity contribution in [3.8, 4) is 5.88 Å². The maximum absolute atomic E-state index is 12.6. The highest BCUT2D eigenvalue weighted by Crippen LogP contribution is 2.26. The zero-order valence-corrected chi connectivity index (χ0v) is 6.96. The van der Waals surface area contributed by atoms with Crippen LogP contribution >= 0.6 is 11.6 Å². The fourth-order valence-corrected chi connectivity index (χ4v) is 0.798. The van der Waals surface area contributed by atoms with Gasteiger partial charge in [-0.25, -0.2) is 4.39 Å². The molecule has 0 bridgehead atoms. The fraction of sp³-hybridized carbons (Fsp3) is 0.167. The van der Waals surface area contributed by atoms with E-state index in [2.05, 4.69) is 9.72 Å². The van der Waals surface area contributed by atoms with Crippen LogP contribution in [-0.4, -0.2) is 11.3 Å². The standard InChI is InChI=1S/C6HClF5NO/c7-3-1-2(8)4(9)5(13-3)14-6(10,11)12/h1H. The van der Waals surface area contributed by atoms with Gasteiger partial charge < -0.3 is 4.74 Å². The summed E-state index contributed by atoms with van der Waals surface area (Å²) in [5.74, 6) is -4.95. The number of aromatic nitrogens is 1. The van der Waals surface area contributed by atoms with Crippen LogP contribution in [0.2, 0.25) is 5.15 Å². The molecule has 0 radical (unpaired) electrons. The van der Waals surface area contributed by atoms with Gasteiger partial charge in [0.1, 0.15) is 5.15 Å². The zero-order valence-electron chi connectivity index (χ0n) is 6.20. The Morgan fingerprint density at radius 1 is 1.29 bits per heavy atom. The van der Waals surface area contributed by atoms with Crippen LogP contribution in [0.15, 0.2) is 6.07 Å². The Kier molecular flexibility index (Phi) is 2.79. The van der Waals surface area contributed by atoms with Crippen LogP contribution in [0, 0.1) is 11.6 Å². The van der Waals surface area contributed by atoms with E-state index < -0.39 is 29.0 Å². The predicted octanol–water partition coefficient (Wildman–Crippen LogP) is 2.91.